The first-order valence-electron chi connectivity index (χ1n) is 10.7. The highest BCUT2D eigenvalue weighted by atomic mass is 15.2. The molecule has 5 unspecified atom stereocenters. The van der Waals surface area contributed by atoms with E-state index in [1.165, 1.54) is 58.3 Å². The molecule has 4 rings (SSSR count). The van der Waals surface area contributed by atoms with Crippen molar-refractivity contribution in [2.45, 2.75) is 65.3 Å². The van der Waals surface area contributed by atoms with E-state index in [0.29, 0.717) is 5.54 Å². The van der Waals surface area contributed by atoms with E-state index in [2.05, 4.69) is 44.5 Å². The minimum atomic E-state index is 0.377. The van der Waals surface area contributed by atoms with Crippen LogP contribution in [0.2, 0.25) is 0 Å². The molecule has 2 heterocycles. The first-order chi connectivity index (χ1) is 11.3. The van der Waals surface area contributed by atoms with Crippen LogP contribution >= 0.6 is 0 Å². The Morgan fingerprint density at radius 1 is 0.833 bits per heavy atom. The van der Waals surface area contributed by atoms with Gasteiger partial charge in [-0.1, -0.05) is 6.92 Å². The molecule has 0 N–H and O–H groups in total. The summed E-state index contributed by atoms with van der Waals surface area (Å²) in [4.78, 5) is 5.31. The van der Waals surface area contributed by atoms with Gasteiger partial charge in [0.05, 0.1) is 0 Å². The van der Waals surface area contributed by atoms with E-state index in [4.69, 9.17) is 0 Å². The lowest BCUT2D eigenvalue weighted by molar-refractivity contribution is 0.153. The zero-order valence-corrected chi connectivity index (χ0v) is 16.8. The molecule has 2 saturated carbocycles. The van der Waals surface area contributed by atoms with E-state index >= 15 is 0 Å². The molecule has 0 aromatic heterocycles. The summed E-state index contributed by atoms with van der Waals surface area (Å²) in [5.41, 5.74) is 0.377. The molecule has 4 aliphatic rings. The third-order valence-corrected chi connectivity index (χ3v) is 8.28. The highest BCUT2D eigenvalue weighted by Crippen LogP contribution is 2.49. The Balaban J connectivity index is 1.25. The molecule has 0 aromatic carbocycles. The Kier molecular flexibility index (Phi) is 4.53. The number of hydrogen-bond acceptors (Lipinski definition) is 2. The third kappa shape index (κ3) is 3.30. The quantitative estimate of drug-likeness (QED) is 0.758. The molecule has 2 aliphatic heterocycles. The van der Waals surface area contributed by atoms with Crippen molar-refractivity contribution in [2.24, 2.45) is 41.4 Å². The first-order valence-corrected chi connectivity index (χ1v) is 10.7. The van der Waals surface area contributed by atoms with Gasteiger partial charge in [0.15, 0.2) is 0 Å². The van der Waals surface area contributed by atoms with Crippen molar-refractivity contribution < 1.29 is 0 Å². The van der Waals surface area contributed by atoms with Crippen LogP contribution in [0.4, 0.5) is 0 Å². The number of likely N-dealkylation sites (tertiary alicyclic amines) is 2. The number of hydrogen-bond donors (Lipinski definition) is 0. The van der Waals surface area contributed by atoms with E-state index in [0.717, 1.165) is 41.4 Å². The monoisotopic (exact) mass is 332 g/mol. The van der Waals surface area contributed by atoms with Crippen LogP contribution in [0.15, 0.2) is 0 Å². The standard InChI is InChI=1S/C22H40N2/c1-15(17-9-20-11-23(5)12-21(20)10-17)6-16-7-18-13-24(22(2,3)4)14-19(18)8-16/h15-21H,6-14H2,1-5H3. The molecule has 2 nitrogen and oxygen atoms in total. The second-order valence-electron chi connectivity index (χ2n) is 11.1. The van der Waals surface area contributed by atoms with Gasteiger partial charge in [-0.2, -0.15) is 0 Å². The predicted octanol–water partition coefficient (Wildman–Crippen LogP) is 4.36. The van der Waals surface area contributed by atoms with Gasteiger partial charge < -0.3 is 4.90 Å². The Labute approximate surface area is 150 Å². The molecule has 2 heteroatoms. The van der Waals surface area contributed by atoms with Gasteiger partial charge >= 0.3 is 0 Å². The summed E-state index contributed by atoms with van der Waals surface area (Å²) in [6, 6.07) is 0. The van der Waals surface area contributed by atoms with Gasteiger partial charge in [0.2, 0.25) is 0 Å². The van der Waals surface area contributed by atoms with E-state index < -0.39 is 0 Å². The zero-order chi connectivity index (χ0) is 17.1. The lowest BCUT2D eigenvalue weighted by Gasteiger charge is -2.33. The van der Waals surface area contributed by atoms with Crippen molar-refractivity contribution in [1.29, 1.82) is 0 Å². The summed E-state index contributed by atoms with van der Waals surface area (Å²) >= 11 is 0. The molecule has 0 radical (unpaired) electrons. The van der Waals surface area contributed by atoms with Gasteiger partial charge in [0.1, 0.15) is 0 Å². The minimum absolute atomic E-state index is 0.377. The number of nitrogens with zero attached hydrogens (tertiary/aromatic N) is 2. The largest absolute Gasteiger partial charge is 0.306 e. The second kappa shape index (κ2) is 6.27. The Morgan fingerprint density at radius 2 is 1.33 bits per heavy atom. The normalized spacial score (nSPS) is 44.9. The van der Waals surface area contributed by atoms with Crippen molar-refractivity contribution in [3.8, 4) is 0 Å². The molecule has 4 fully saturated rings. The zero-order valence-electron chi connectivity index (χ0n) is 16.8. The lowest BCUT2D eigenvalue weighted by Crippen LogP contribution is -2.40. The third-order valence-electron chi connectivity index (χ3n) is 8.28. The maximum Gasteiger partial charge on any atom is 0.0125 e. The topological polar surface area (TPSA) is 6.48 Å². The maximum absolute atomic E-state index is 2.75. The molecule has 138 valence electrons. The van der Waals surface area contributed by atoms with Gasteiger partial charge in [-0.25, -0.2) is 0 Å². The van der Waals surface area contributed by atoms with E-state index in [1.807, 2.05) is 0 Å². The Hall–Kier alpha value is -0.0800. The predicted molar refractivity (Wildman–Crippen MR) is 102 cm³/mol. The maximum atomic E-state index is 2.75. The van der Waals surface area contributed by atoms with Crippen LogP contribution in [0, 0.1) is 41.4 Å². The van der Waals surface area contributed by atoms with E-state index in [9.17, 15) is 0 Å². The van der Waals surface area contributed by atoms with Crippen LogP contribution in [0.5, 0.6) is 0 Å². The summed E-state index contributed by atoms with van der Waals surface area (Å²) in [5, 5.41) is 0. The fourth-order valence-electron chi connectivity index (χ4n) is 6.93. The van der Waals surface area contributed by atoms with Crippen LogP contribution in [0.3, 0.4) is 0 Å². The molecule has 0 bridgehead atoms. The van der Waals surface area contributed by atoms with Crippen LogP contribution in [-0.4, -0.2) is 48.6 Å². The Morgan fingerprint density at radius 3 is 1.83 bits per heavy atom. The highest BCUT2D eigenvalue weighted by Gasteiger charge is 2.45. The van der Waals surface area contributed by atoms with Gasteiger partial charge in [-0.3, -0.25) is 4.90 Å². The molecule has 2 saturated heterocycles. The van der Waals surface area contributed by atoms with Gasteiger partial charge in [-0.05, 0) is 101 Å². The minimum Gasteiger partial charge on any atom is -0.306 e. The van der Waals surface area contributed by atoms with Crippen LogP contribution < -0.4 is 0 Å². The molecule has 2 aliphatic carbocycles. The van der Waals surface area contributed by atoms with Crippen molar-refractivity contribution in [3.63, 3.8) is 0 Å². The van der Waals surface area contributed by atoms with Crippen molar-refractivity contribution in [2.75, 3.05) is 33.2 Å². The molecule has 0 amide bonds. The van der Waals surface area contributed by atoms with Crippen molar-refractivity contribution in [3.05, 3.63) is 0 Å². The fraction of sp³-hybridized carbons (Fsp3) is 1.00. The average molecular weight is 333 g/mol. The van der Waals surface area contributed by atoms with Crippen molar-refractivity contribution >= 4 is 0 Å². The van der Waals surface area contributed by atoms with Crippen molar-refractivity contribution in [1.82, 2.24) is 9.80 Å². The molecule has 0 aromatic rings. The molecule has 0 spiro atoms. The molecule has 24 heavy (non-hydrogen) atoms. The van der Waals surface area contributed by atoms with E-state index in [-0.39, 0.29) is 0 Å². The summed E-state index contributed by atoms with van der Waals surface area (Å²) in [6.07, 6.45) is 7.66. The summed E-state index contributed by atoms with van der Waals surface area (Å²) in [6.45, 7) is 15.3. The summed E-state index contributed by atoms with van der Waals surface area (Å²) in [5.74, 6) is 7.15. The van der Waals surface area contributed by atoms with E-state index in [1.54, 1.807) is 0 Å². The fourth-order valence-corrected chi connectivity index (χ4v) is 6.93. The first kappa shape index (κ1) is 17.3. The smallest absolute Gasteiger partial charge is 0.0125 e. The summed E-state index contributed by atoms with van der Waals surface area (Å²) in [7, 11) is 2.31. The molecular weight excluding hydrogens is 292 g/mol. The van der Waals surface area contributed by atoms with Gasteiger partial charge in [0, 0.05) is 31.7 Å². The lowest BCUT2D eigenvalue weighted by atomic mass is 9.83. The molecule has 5 atom stereocenters. The average Bonchev–Trinajstić information content (AvgIpc) is 3.14. The van der Waals surface area contributed by atoms with Crippen LogP contribution in [-0.2, 0) is 0 Å². The number of rotatable bonds is 3. The van der Waals surface area contributed by atoms with Crippen LogP contribution in [0.1, 0.15) is 59.8 Å². The number of fused-ring (bicyclic) bond motifs is 2. The Bertz CT molecular complexity index is 425. The van der Waals surface area contributed by atoms with Gasteiger partial charge in [0.25, 0.3) is 0 Å². The van der Waals surface area contributed by atoms with Crippen LogP contribution in [0.25, 0.3) is 0 Å². The van der Waals surface area contributed by atoms with Gasteiger partial charge in [-0.15, -0.1) is 0 Å². The second-order valence-corrected chi connectivity index (χ2v) is 11.1. The molecular formula is C22H40N2. The highest BCUT2D eigenvalue weighted by molar-refractivity contribution is 4.97. The summed E-state index contributed by atoms with van der Waals surface area (Å²) < 4.78 is 0. The SMILES string of the molecule is CC(CC1CC2CN(C(C)(C)C)CC2C1)C1CC2CN(C)CC2C1.